The fraction of sp³-hybridized carbons (Fsp3) is 0.667. The molecule has 0 saturated heterocycles. The molecule has 0 saturated carbocycles. The monoisotopic (exact) mass is 353 g/mol. The highest BCUT2D eigenvalue weighted by molar-refractivity contribution is 6.89. The zero-order chi connectivity index (χ0) is 17.9. The minimum Gasteiger partial charge on any atom is -0.313 e. The van der Waals surface area contributed by atoms with Gasteiger partial charge in [0, 0.05) is 5.56 Å². The molecule has 0 heterocycles. The van der Waals surface area contributed by atoms with E-state index in [1.807, 2.05) is 13.8 Å². The van der Waals surface area contributed by atoms with Crippen molar-refractivity contribution in [3.05, 3.63) is 35.9 Å². The summed E-state index contributed by atoms with van der Waals surface area (Å²) in [6, 6.07) is 10.6. The average molecular weight is 354 g/mol. The van der Waals surface area contributed by atoms with Gasteiger partial charge in [-0.15, -0.1) is 0 Å². The molecule has 1 unspecified atom stereocenters. The van der Waals surface area contributed by atoms with Gasteiger partial charge >= 0.3 is 0 Å². The third-order valence-corrected chi connectivity index (χ3v) is 11.2. The zero-order valence-corrected chi connectivity index (χ0v) is 18.4. The fourth-order valence-electron chi connectivity index (χ4n) is 3.60. The van der Waals surface area contributed by atoms with Gasteiger partial charge in [-0.25, -0.2) is 9.78 Å². The van der Waals surface area contributed by atoms with Crippen molar-refractivity contribution >= 4 is 16.5 Å². The summed E-state index contributed by atoms with van der Waals surface area (Å²) in [5.74, 6) is 0. The molecule has 0 bridgehead atoms. The van der Waals surface area contributed by atoms with Crippen molar-refractivity contribution in [1.29, 1.82) is 0 Å². The molecule has 0 fully saturated rings. The molecule has 1 aromatic carbocycles. The van der Waals surface area contributed by atoms with Gasteiger partial charge in [0.2, 0.25) is 0 Å². The molecule has 132 valence electrons. The van der Waals surface area contributed by atoms with Crippen LogP contribution in [0, 0.1) is 0 Å². The van der Waals surface area contributed by atoms with Crippen molar-refractivity contribution in [1.82, 2.24) is 4.23 Å². The highest BCUT2D eigenvalue weighted by atomic mass is 28.4. The van der Waals surface area contributed by atoms with Crippen LogP contribution in [-0.4, -0.2) is 26.8 Å². The molecule has 0 spiro atoms. The van der Waals surface area contributed by atoms with Crippen LogP contribution in [0.25, 0.3) is 0 Å². The Balaban J connectivity index is 3.53. The van der Waals surface area contributed by atoms with E-state index in [0.717, 1.165) is 6.42 Å². The van der Waals surface area contributed by atoms with E-state index in [-0.39, 0.29) is 6.10 Å². The maximum Gasteiger partial charge on any atom is 0.170 e. The third-order valence-electron chi connectivity index (χ3n) is 3.79. The molecule has 1 aromatic rings. The molecule has 0 aliphatic carbocycles. The van der Waals surface area contributed by atoms with E-state index in [1.54, 1.807) is 0 Å². The molecule has 0 radical (unpaired) electrons. The summed E-state index contributed by atoms with van der Waals surface area (Å²) < 4.78 is 2.70. The Bertz CT molecular complexity index is 466. The Morgan fingerprint density at radius 2 is 1.43 bits per heavy atom. The summed E-state index contributed by atoms with van der Waals surface area (Å²) in [6.07, 6.45) is 0.896. The Kier molecular flexibility index (Phi) is 6.81. The molecule has 0 aliphatic heterocycles. The Morgan fingerprint density at radius 1 is 0.957 bits per heavy atom. The minimum atomic E-state index is -1.64. The van der Waals surface area contributed by atoms with Crippen LogP contribution in [0.15, 0.2) is 30.3 Å². The normalized spacial score (nSPS) is 16.0. The third kappa shape index (κ3) is 5.00. The van der Waals surface area contributed by atoms with Gasteiger partial charge in [0.05, 0.1) is 6.10 Å². The van der Waals surface area contributed by atoms with E-state index in [2.05, 4.69) is 80.8 Å². The minimum absolute atomic E-state index is 0.0368. The smallest absolute Gasteiger partial charge is 0.170 e. The van der Waals surface area contributed by atoms with Crippen LogP contribution in [0.4, 0.5) is 0 Å². The maximum absolute atomic E-state index is 6.24. The predicted octanol–water partition coefficient (Wildman–Crippen LogP) is 5.58. The summed E-state index contributed by atoms with van der Waals surface area (Å²) >= 11 is 0. The van der Waals surface area contributed by atoms with Gasteiger partial charge in [-0.1, -0.05) is 76.5 Å². The highest BCUT2D eigenvalue weighted by Gasteiger charge is 2.50. The van der Waals surface area contributed by atoms with Crippen LogP contribution in [0.1, 0.15) is 32.8 Å². The summed E-state index contributed by atoms with van der Waals surface area (Å²) in [4.78, 5) is 12.0. The van der Waals surface area contributed by atoms with E-state index in [0.29, 0.717) is 0 Å². The Labute approximate surface area is 145 Å². The molecule has 5 heteroatoms. The van der Waals surface area contributed by atoms with Crippen LogP contribution in [-0.2, 0) is 15.5 Å². The van der Waals surface area contributed by atoms with Crippen LogP contribution in [0.5, 0.6) is 0 Å². The number of hydrogen-bond donors (Lipinski definition) is 0. The number of nitrogens with zero attached hydrogens (tertiary/aromatic N) is 1. The number of benzene rings is 1. The van der Waals surface area contributed by atoms with Crippen molar-refractivity contribution in [2.45, 2.75) is 78.3 Å². The van der Waals surface area contributed by atoms with Crippen molar-refractivity contribution in [2.24, 2.45) is 0 Å². The first kappa shape index (κ1) is 20.6. The summed E-state index contributed by atoms with van der Waals surface area (Å²) in [7, 11) is -3.29. The molecule has 23 heavy (non-hydrogen) atoms. The lowest BCUT2D eigenvalue weighted by Gasteiger charge is -2.54. The van der Waals surface area contributed by atoms with E-state index in [9.17, 15) is 0 Å². The molecule has 0 N–H and O–H groups in total. The summed E-state index contributed by atoms with van der Waals surface area (Å²) in [5, 5.41) is 0. The lowest BCUT2D eigenvalue weighted by atomic mass is 10.0. The molecule has 1 rings (SSSR count). The van der Waals surface area contributed by atoms with Crippen LogP contribution in [0.3, 0.4) is 0 Å². The largest absolute Gasteiger partial charge is 0.313 e. The molecule has 1 atom stereocenters. The van der Waals surface area contributed by atoms with Crippen molar-refractivity contribution in [2.75, 3.05) is 0 Å². The zero-order valence-electron chi connectivity index (χ0n) is 16.4. The van der Waals surface area contributed by atoms with Gasteiger partial charge in [-0.3, -0.25) is 0 Å². The van der Waals surface area contributed by atoms with Gasteiger partial charge in [-0.2, -0.15) is 0 Å². The maximum atomic E-state index is 6.24. The first-order valence-corrected chi connectivity index (χ1v) is 15.5. The lowest BCUT2D eigenvalue weighted by Crippen LogP contribution is -2.68. The van der Waals surface area contributed by atoms with Gasteiger partial charge in [0.25, 0.3) is 0 Å². The topological polar surface area (TPSA) is 21.7 Å². The van der Waals surface area contributed by atoms with Crippen LogP contribution in [0.2, 0.25) is 39.3 Å². The Hall–Kier alpha value is -0.466. The Morgan fingerprint density at radius 3 is 1.78 bits per heavy atom. The average Bonchev–Trinajstić information content (AvgIpc) is 2.41. The second kappa shape index (κ2) is 7.61. The standard InChI is InChI=1S/C18H35NO2Si2/c1-10-18(21-20-16(2)3,17-14-12-11-13-15-17)19(22(4,5)6)23(7,8)9/h11-16H,10H2,1-9H3. The quantitative estimate of drug-likeness (QED) is 0.264. The van der Waals surface area contributed by atoms with Crippen molar-refractivity contribution in [3.63, 3.8) is 0 Å². The van der Waals surface area contributed by atoms with Gasteiger partial charge < -0.3 is 4.23 Å². The first-order chi connectivity index (χ1) is 10.4. The molecule has 3 nitrogen and oxygen atoms in total. The second-order valence-electron chi connectivity index (χ2n) is 8.41. The van der Waals surface area contributed by atoms with E-state index < -0.39 is 22.2 Å². The molecule has 0 aliphatic rings. The summed E-state index contributed by atoms with van der Waals surface area (Å²) in [5.41, 5.74) is 0.675. The summed E-state index contributed by atoms with van der Waals surface area (Å²) in [6.45, 7) is 20.6. The fourth-order valence-corrected chi connectivity index (χ4v) is 14.5. The van der Waals surface area contributed by atoms with Gasteiger partial charge in [0.1, 0.15) is 16.5 Å². The predicted molar refractivity (Wildman–Crippen MR) is 104 cm³/mol. The lowest BCUT2D eigenvalue weighted by molar-refractivity contribution is -0.404. The second-order valence-corrected chi connectivity index (χ2v) is 18.4. The van der Waals surface area contributed by atoms with Crippen molar-refractivity contribution < 1.29 is 9.78 Å². The number of rotatable bonds is 8. The van der Waals surface area contributed by atoms with Crippen LogP contribution < -0.4 is 0 Å². The van der Waals surface area contributed by atoms with Crippen molar-refractivity contribution in [3.8, 4) is 0 Å². The van der Waals surface area contributed by atoms with E-state index in [1.165, 1.54) is 5.56 Å². The van der Waals surface area contributed by atoms with E-state index >= 15 is 0 Å². The molecular formula is C18H35NO2Si2. The first-order valence-electron chi connectivity index (χ1n) is 8.65. The number of hydrogen-bond acceptors (Lipinski definition) is 3. The van der Waals surface area contributed by atoms with Crippen LogP contribution >= 0.6 is 0 Å². The molecule has 0 aromatic heterocycles. The van der Waals surface area contributed by atoms with Gasteiger partial charge in [-0.05, 0) is 20.3 Å². The molecule has 0 amide bonds. The SMILES string of the molecule is CCC(OOC(C)C)(c1ccccc1)N([Si](C)(C)C)[Si](C)(C)C. The van der Waals surface area contributed by atoms with E-state index in [4.69, 9.17) is 9.78 Å². The van der Waals surface area contributed by atoms with Gasteiger partial charge in [0.15, 0.2) is 5.72 Å². The highest BCUT2D eigenvalue weighted by Crippen LogP contribution is 2.41. The molecular weight excluding hydrogens is 318 g/mol.